The number of hydrogen-bond acceptors (Lipinski definition) is 4. The van der Waals surface area contributed by atoms with Crippen molar-refractivity contribution >= 4 is 11.7 Å². The van der Waals surface area contributed by atoms with Crippen LogP contribution in [0, 0.1) is 40.4 Å². The Balaban J connectivity index is 1.06. The van der Waals surface area contributed by atoms with Gasteiger partial charge in [0.05, 0.1) is 12.3 Å². The van der Waals surface area contributed by atoms with Crippen molar-refractivity contribution in [1.82, 2.24) is 14.7 Å². The molecule has 6 nitrogen and oxygen atoms in total. The van der Waals surface area contributed by atoms with Crippen LogP contribution in [0.4, 0.5) is 5.82 Å². The van der Waals surface area contributed by atoms with E-state index >= 15 is 0 Å². The van der Waals surface area contributed by atoms with Crippen molar-refractivity contribution in [2.45, 2.75) is 104 Å². The van der Waals surface area contributed by atoms with Crippen LogP contribution >= 0.6 is 0 Å². The van der Waals surface area contributed by atoms with Crippen LogP contribution in [-0.2, 0) is 11.8 Å². The SMILES string of the molecule is CC(CCC(=O)N1CCN(c2ccnn2C)C(C)C1)[C@H]1CC[C@H]2[C@@H]3CC=C4C[C@@H](O)CC[C@]4(C)[C@H]3CC[C@]12C. The van der Waals surface area contributed by atoms with E-state index in [1.807, 2.05) is 17.9 Å². The zero-order chi connectivity index (χ0) is 27.5. The van der Waals surface area contributed by atoms with Crippen molar-refractivity contribution in [3.05, 3.63) is 23.9 Å². The molecule has 3 saturated carbocycles. The predicted molar refractivity (Wildman–Crippen MR) is 156 cm³/mol. The minimum atomic E-state index is -0.123. The molecule has 0 spiro atoms. The molecule has 1 N–H and O–H groups in total. The van der Waals surface area contributed by atoms with Gasteiger partial charge in [-0.2, -0.15) is 5.10 Å². The van der Waals surface area contributed by atoms with Crippen LogP contribution in [0.1, 0.15) is 91.9 Å². The molecule has 6 rings (SSSR count). The molecule has 1 aromatic heterocycles. The summed E-state index contributed by atoms with van der Waals surface area (Å²) in [5.74, 6) is 5.25. The summed E-state index contributed by atoms with van der Waals surface area (Å²) < 4.78 is 1.93. The number of rotatable bonds is 5. The zero-order valence-corrected chi connectivity index (χ0v) is 25.1. The summed E-state index contributed by atoms with van der Waals surface area (Å²) in [7, 11) is 1.99. The topological polar surface area (TPSA) is 61.6 Å². The number of aryl methyl sites for hydroxylation is 1. The molecule has 0 bridgehead atoms. The van der Waals surface area contributed by atoms with E-state index in [0.717, 1.165) is 68.4 Å². The first-order chi connectivity index (χ1) is 18.6. The molecule has 216 valence electrons. The molecule has 4 fully saturated rings. The average Bonchev–Trinajstić information content (AvgIpc) is 3.50. The van der Waals surface area contributed by atoms with Gasteiger partial charge in [-0.3, -0.25) is 9.48 Å². The lowest BCUT2D eigenvalue weighted by atomic mass is 9.47. The fourth-order valence-corrected chi connectivity index (χ4v) is 10.5. The molecule has 2 unspecified atom stereocenters. The highest BCUT2D eigenvalue weighted by atomic mass is 16.3. The maximum atomic E-state index is 13.3. The molecule has 4 aliphatic carbocycles. The quantitative estimate of drug-likeness (QED) is 0.482. The number of aromatic nitrogens is 2. The van der Waals surface area contributed by atoms with E-state index in [-0.39, 0.29) is 6.10 Å². The highest BCUT2D eigenvalue weighted by Gasteiger charge is 2.59. The molecule has 1 amide bonds. The Morgan fingerprint density at radius 2 is 1.97 bits per heavy atom. The molecule has 6 heteroatoms. The third kappa shape index (κ3) is 4.57. The number of aliphatic hydroxyl groups excluding tert-OH is 1. The fourth-order valence-electron chi connectivity index (χ4n) is 10.5. The Hall–Kier alpha value is -1.82. The number of carbonyl (C=O) groups is 1. The molecule has 39 heavy (non-hydrogen) atoms. The molecular weight excluding hydrogens is 484 g/mol. The fraction of sp³-hybridized carbons (Fsp3) is 0.818. The van der Waals surface area contributed by atoms with Gasteiger partial charge in [-0.15, -0.1) is 0 Å². The number of fused-ring (bicyclic) bond motifs is 5. The van der Waals surface area contributed by atoms with Crippen LogP contribution in [0.2, 0.25) is 0 Å². The third-order valence-corrected chi connectivity index (χ3v) is 12.7. The van der Waals surface area contributed by atoms with Gasteiger partial charge in [-0.05, 0) is 105 Å². The minimum Gasteiger partial charge on any atom is -0.393 e. The third-order valence-electron chi connectivity index (χ3n) is 12.7. The van der Waals surface area contributed by atoms with Crippen LogP contribution in [-0.4, -0.2) is 57.5 Å². The highest BCUT2D eigenvalue weighted by Crippen LogP contribution is 2.67. The Morgan fingerprint density at radius 1 is 1.15 bits per heavy atom. The number of aliphatic hydroxyl groups is 1. The van der Waals surface area contributed by atoms with Crippen molar-refractivity contribution in [2.24, 2.45) is 47.5 Å². The van der Waals surface area contributed by atoms with E-state index in [4.69, 9.17) is 0 Å². The number of hydrogen-bond donors (Lipinski definition) is 1. The van der Waals surface area contributed by atoms with E-state index < -0.39 is 0 Å². The maximum Gasteiger partial charge on any atom is 0.222 e. The van der Waals surface area contributed by atoms with Crippen molar-refractivity contribution in [2.75, 3.05) is 24.5 Å². The minimum absolute atomic E-state index is 0.123. The van der Waals surface area contributed by atoms with Crippen LogP contribution < -0.4 is 4.90 Å². The van der Waals surface area contributed by atoms with Gasteiger partial charge >= 0.3 is 0 Å². The van der Waals surface area contributed by atoms with E-state index in [2.05, 4.69) is 54.7 Å². The summed E-state index contributed by atoms with van der Waals surface area (Å²) >= 11 is 0. The summed E-state index contributed by atoms with van der Waals surface area (Å²) in [6.07, 6.45) is 15.7. The van der Waals surface area contributed by atoms with E-state index in [0.29, 0.717) is 35.1 Å². The Bertz CT molecular complexity index is 1100. The summed E-state index contributed by atoms with van der Waals surface area (Å²) in [5.41, 5.74) is 2.31. The molecule has 0 radical (unpaired) electrons. The Labute approximate surface area is 236 Å². The van der Waals surface area contributed by atoms with Gasteiger partial charge < -0.3 is 14.9 Å². The summed E-state index contributed by atoms with van der Waals surface area (Å²) in [6, 6.07) is 2.38. The standard InChI is InChI=1S/C33H52N4O2/c1-22(6-11-31(39)36-18-19-37(23(2)21-36)30-14-17-34-35(30)5)27-9-10-28-26-8-7-24-20-25(38)12-15-32(24,3)29(26)13-16-33(27,28)4/h7,14,17,22-23,25-29,38H,6,8-13,15-16,18-21H2,1-5H3/t22?,23?,25-,26-,27+,28-,29-,32-,33+/m0/s1. The number of carbonyl (C=O) groups excluding carboxylic acids is 1. The number of allylic oxidation sites excluding steroid dienone is 1. The van der Waals surface area contributed by atoms with Crippen LogP contribution in [0.5, 0.6) is 0 Å². The molecular formula is C33H52N4O2. The number of nitrogens with zero attached hydrogens (tertiary/aromatic N) is 4. The van der Waals surface area contributed by atoms with Gasteiger partial charge in [0.1, 0.15) is 5.82 Å². The maximum absolute atomic E-state index is 13.3. The molecule has 1 aliphatic heterocycles. The van der Waals surface area contributed by atoms with Crippen molar-refractivity contribution < 1.29 is 9.90 Å². The lowest BCUT2D eigenvalue weighted by Crippen LogP contribution is -2.54. The summed E-state index contributed by atoms with van der Waals surface area (Å²) in [4.78, 5) is 17.8. The first kappa shape index (κ1) is 27.4. The number of amides is 1. The van der Waals surface area contributed by atoms with Crippen molar-refractivity contribution in [1.29, 1.82) is 0 Å². The second kappa shape index (κ2) is 10.2. The van der Waals surface area contributed by atoms with Crippen LogP contribution in [0.3, 0.4) is 0 Å². The first-order valence-corrected chi connectivity index (χ1v) is 16.0. The highest BCUT2D eigenvalue weighted by molar-refractivity contribution is 5.76. The Morgan fingerprint density at radius 3 is 2.72 bits per heavy atom. The normalized spacial score (nSPS) is 40.9. The van der Waals surface area contributed by atoms with Gasteiger partial charge in [-0.25, -0.2) is 0 Å². The molecule has 5 aliphatic rings. The van der Waals surface area contributed by atoms with E-state index in [1.54, 1.807) is 5.57 Å². The van der Waals surface area contributed by atoms with Gasteiger partial charge in [0, 0.05) is 45.2 Å². The molecule has 1 saturated heterocycles. The smallest absolute Gasteiger partial charge is 0.222 e. The van der Waals surface area contributed by atoms with Gasteiger partial charge in [0.25, 0.3) is 0 Å². The van der Waals surface area contributed by atoms with E-state index in [1.165, 1.54) is 38.5 Å². The molecule has 1 aromatic rings. The largest absolute Gasteiger partial charge is 0.393 e. The van der Waals surface area contributed by atoms with Gasteiger partial charge in [-0.1, -0.05) is 32.4 Å². The average molecular weight is 537 g/mol. The second-order valence-electron chi connectivity index (χ2n) is 14.6. The monoisotopic (exact) mass is 536 g/mol. The first-order valence-electron chi connectivity index (χ1n) is 16.0. The lowest BCUT2D eigenvalue weighted by Gasteiger charge is -2.58. The van der Waals surface area contributed by atoms with Crippen LogP contribution in [0.15, 0.2) is 23.9 Å². The zero-order valence-electron chi connectivity index (χ0n) is 25.1. The lowest BCUT2D eigenvalue weighted by molar-refractivity contribution is -0.132. The summed E-state index contributed by atoms with van der Waals surface area (Å²) in [6.45, 7) is 12.3. The molecule has 0 aromatic carbocycles. The van der Waals surface area contributed by atoms with Gasteiger partial charge in [0.15, 0.2) is 0 Å². The number of piperazine rings is 1. The Kier molecular flexibility index (Phi) is 7.17. The van der Waals surface area contributed by atoms with Crippen molar-refractivity contribution in [3.63, 3.8) is 0 Å². The van der Waals surface area contributed by atoms with E-state index in [9.17, 15) is 9.90 Å². The second-order valence-corrected chi connectivity index (χ2v) is 14.6. The van der Waals surface area contributed by atoms with Gasteiger partial charge in [0.2, 0.25) is 5.91 Å². The van der Waals surface area contributed by atoms with Crippen LogP contribution in [0.25, 0.3) is 0 Å². The molecule has 2 heterocycles. The summed E-state index contributed by atoms with van der Waals surface area (Å²) in [5, 5.41) is 14.6. The predicted octanol–water partition coefficient (Wildman–Crippen LogP) is 5.81. The van der Waals surface area contributed by atoms with Crippen molar-refractivity contribution in [3.8, 4) is 0 Å². The molecule has 9 atom stereocenters. The number of anilines is 1.